The summed E-state index contributed by atoms with van der Waals surface area (Å²) < 4.78 is 0. The van der Waals surface area contributed by atoms with Crippen molar-refractivity contribution in [3.8, 4) is 0 Å². The second-order valence-corrected chi connectivity index (χ2v) is 8.09. The Balaban J connectivity index is 0.000000726. The third-order valence-corrected chi connectivity index (χ3v) is 7.12. The average Bonchev–Trinajstić information content (AvgIpc) is 2.92. The van der Waals surface area contributed by atoms with Crippen LogP contribution in [0, 0.1) is 29.2 Å². The molecule has 1 radical (unpaired) electrons. The first kappa shape index (κ1) is 21.3. The quantitative estimate of drug-likeness (QED) is 0.546. The van der Waals surface area contributed by atoms with Gasteiger partial charge in [-0.05, 0) is 37.0 Å². The van der Waals surface area contributed by atoms with E-state index in [-0.39, 0.29) is 38.1 Å². The topological polar surface area (TPSA) is 17.1 Å². The van der Waals surface area contributed by atoms with Crippen molar-refractivity contribution in [1.29, 1.82) is 0 Å². The Bertz CT molecular complexity index is 596. The molecule has 0 N–H and O–H groups in total. The number of carbonyl (C=O) groups excluding carboxylic acids is 1. The SMILES string of the molecule is CC.CCCC1Cc2cc[c-]cc2C2CCC3(C)C(=O)CCC3C12.[Y]. The molecule has 2 fully saturated rings. The van der Waals surface area contributed by atoms with E-state index < -0.39 is 0 Å². The minimum atomic E-state index is -0.0108. The number of ketones is 1. The van der Waals surface area contributed by atoms with Gasteiger partial charge in [0.15, 0.2) is 0 Å². The predicted octanol–water partition coefficient (Wildman–Crippen LogP) is 5.96. The largest absolute Gasteiger partial charge is 0.299 e. The van der Waals surface area contributed by atoms with Gasteiger partial charge in [-0.1, -0.05) is 52.9 Å². The van der Waals surface area contributed by atoms with Crippen LogP contribution < -0.4 is 0 Å². The fourth-order valence-electron chi connectivity index (χ4n) is 6.08. The Labute approximate surface area is 179 Å². The van der Waals surface area contributed by atoms with E-state index in [2.05, 4.69) is 38.1 Å². The maximum Gasteiger partial charge on any atom is 0.139 e. The van der Waals surface area contributed by atoms with Crippen LogP contribution in [-0.2, 0) is 43.9 Å². The van der Waals surface area contributed by atoms with Crippen molar-refractivity contribution in [2.75, 3.05) is 0 Å². The fraction of sp³-hybridized carbons (Fsp3) is 0.696. The molecular formula is C23H33OY-. The molecule has 0 saturated heterocycles. The predicted molar refractivity (Wildman–Crippen MR) is 100 cm³/mol. The molecule has 5 atom stereocenters. The summed E-state index contributed by atoms with van der Waals surface area (Å²) >= 11 is 0. The van der Waals surface area contributed by atoms with E-state index in [0.717, 1.165) is 31.1 Å². The molecule has 0 aromatic heterocycles. The second kappa shape index (κ2) is 8.79. The van der Waals surface area contributed by atoms with Gasteiger partial charge in [0, 0.05) is 44.5 Å². The summed E-state index contributed by atoms with van der Waals surface area (Å²) in [5.74, 6) is 3.37. The maximum absolute atomic E-state index is 12.5. The van der Waals surface area contributed by atoms with Gasteiger partial charge in [0.1, 0.15) is 5.78 Å². The summed E-state index contributed by atoms with van der Waals surface area (Å²) in [6.07, 6.45) is 8.08. The Morgan fingerprint density at radius 3 is 2.76 bits per heavy atom. The van der Waals surface area contributed by atoms with Crippen LogP contribution in [-0.4, -0.2) is 5.78 Å². The molecule has 4 rings (SSSR count). The molecule has 1 nitrogen and oxygen atoms in total. The first-order valence-electron chi connectivity index (χ1n) is 10.2. The molecule has 1 aromatic rings. The van der Waals surface area contributed by atoms with E-state index in [9.17, 15) is 4.79 Å². The Hall–Kier alpha value is -0.00610. The Morgan fingerprint density at radius 1 is 1.28 bits per heavy atom. The van der Waals surface area contributed by atoms with Crippen molar-refractivity contribution < 1.29 is 37.5 Å². The normalized spacial score (nSPS) is 35.4. The smallest absolute Gasteiger partial charge is 0.139 e. The van der Waals surface area contributed by atoms with Crippen molar-refractivity contribution in [2.45, 2.75) is 78.6 Å². The zero-order chi connectivity index (χ0) is 17.3. The molecule has 2 heteroatoms. The van der Waals surface area contributed by atoms with Crippen molar-refractivity contribution in [1.82, 2.24) is 0 Å². The van der Waals surface area contributed by atoms with Crippen LogP contribution in [0.25, 0.3) is 0 Å². The van der Waals surface area contributed by atoms with Crippen molar-refractivity contribution in [3.05, 3.63) is 35.4 Å². The minimum Gasteiger partial charge on any atom is -0.299 e. The number of hydrogen-bond donors (Lipinski definition) is 0. The van der Waals surface area contributed by atoms with Crippen molar-refractivity contribution in [2.24, 2.45) is 23.2 Å². The van der Waals surface area contributed by atoms with Crippen LogP contribution in [0.15, 0.2) is 18.2 Å². The first-order valence-corrected chi connectivity index (χ1v) is 10.2. The van der Waals surface area contributed by atoms with Crippen LogP contribution >= 0.6 is 0 Å². The van der Waals surface area contributed by atoms with Crippen LogP contribution in [0.5, 0.6) is 0 Å². The molecule has 0 aliphatic heterocycles. The molecule has 1 aromatic carbocycles. The summed E-state index contributed by atoms with van der Waals surface area (Å²) in [6, 6.07) is 9.93. The van der Waals surface area contributed by atoms with Crippen molar-refractivity contribution >= 4 is 5.78 Å². The number of benzene rings is 1. The van der Waals surface area contributed by atoms with Gasteiger partial charge in [-0.15, -0.1) is 5.56 Å². The standard InChI is InChI=1S/C21H27O.C2H6.Y/c1-3-6-15-13-14-7-4-5-8-16(14)17-11-12-21(2)18(20(15)17)9-10-19(21)22;1-2;/h4,7-8,15,17-18,20H,3,6,9-13H2,1-2H3;1-2H3;/q-1;;. The van der Waals surface area contributed by atoms with Crippen LogP contribution in [0.3, 0.4) is 0 Å². The Morgan fingerprint density at radius 2 is 2.04 bits per heavy atom. The summed E-state index contributed by atoms with van der Waals surface area (Å²) in [6.45, 7) is 8.59. The molecule has 5 unspecified atom stereocenters. The van der Waals surface area contributed by atoms with Gasteiger partial charge in [-0.3, -0.25) is 4.79 Å². The van der Waals surface area contributed by atoms with Gasteiger partial charge >= 0.3 is 0 Å². The monoisotopic (exact) mass is 414 g/mol. The molecule has 0 spiro atoms. The van der Waals surface area contributed by atoms with E-state index in [1.165, 1.54) is 25.7 Å². The molecule has 0 amide bonds. The van der Waals surface area contributed by atoms with E-state index in [1.807, 2.05) is 13.8 Å². The minimum absolute atomic E-state index is 0. The molecular weight excluding hydrogens is 381 g/mol. The van der Waals surface area contributed by atoms with E-state index in [1.54, 1.807) is 11.1 Å². The van der Waals surface area contributed by atoms with Crippen LogP contribution in [0.2, 0.25) is 0 Å². The van der Waals surface area contributed by atoms with Gasteiger partial charge in [-0.25, -0.2) is 0 Å². The Kier molecular flexibility index (Phi) is 7.49. The number of carbonyl (C=O) groups is 1. The summed E-state index contributed by atoms with van der Waals surface area (Å²) in [5, 5.41) is 0. The summed E-state index contributed by atoms with van der Waals surface area (Å²) in [7, 11) is 0. The summed E-state index contributed by atoms with van der Waals surface area (Å²) in [4.78, 5) is 12.5. The van der Waals surface area contributed by atoms with Crippen LogP contribution in [0.4, 0.5) is 0 Å². The van der Waals surface area contributed by atoms with Gasteiger partial charge in [0.05, 0.1) is 0 Å². The number of fused-ring (bicyclic) bond motifs is 5. The van der Waals surface area contributed by atoms with Gasteiger partial charge < -0.3 is 0 Å². The molecule has 3 aliphatic rings. The number of hydrogen-bond acceptors (Lipinski definition) is 1. The van der Waals surface area contributed by atoms with Gasteiger partial charge in [-0.2, -0.15) is 29.8 Å². The van der Waals surface area contributed by atoms with Gasteiger partial charge in [0.2, 0.25) is 0 Å². The zero-order valence-electron chi connectivity index (χ0n) is 16.5. The fourth-order valence-corrected chi connectivity index (χ4v) is 6.08. The van der Waals surface area contributed by atoms with E-state index >= 15 is 0 Å². The first-order chi connectivity index (χ1) is 11.6. The molecule has 2 saturated carbocycles. The van der Waals surface area contributed by atoms with Gasteiger partial charge in [0.25, 0.3) is 0 Å². The van der Waals surface area contributed by atoms with E-state index in [0.29, 0.717) is 17.6 Å². The molecule has 135 valence electrons. The third-order valence-electron chi connectivity index (χ3n) is 7.12. The molecule has 25 heavy (non-hydrogen) atoms. The van der Waals surface area contributed by atoms with Crippen LogP contribution in [0.1, 0.15) is 83.3 Å². The average molecular weight is 414 g/mol. The number of Topliss-reactive ketones (excluding diaryl/α,β-unsaturated/α-hetero) is 1. The number of rotatable bonds is 2. The summed E-state index contributed by atoms with van der Waals surface area (Å²) in [5.41, 5.74) is 3.11. The molecule has 0 heterocycles. The second-order valence-electron chi connectivity index (χ2n) is 8.09. The maximum atomic E-state index is 12.5. The van der Waals surface area contributed by atoms with E-state index in [4.69, 9.17) is 0 Å². The molecule has 3 aliphatic carbocycles. The zero-order valence-corrected chi connectivity index (χ0v) is 19.3. The molecule has 0 bridgehead atoms. The van der Waals surface area contributed by atoms with Crippen molar-refractivity contribution in [3.63, 3.8) is 0 Å². The third kappa shape index (κ3) is 3.57.